The highest BCUT2D eigenvalue weighted by Gasteiger charge is 2.44. The summed E-state index contributed by atoms with van der Waals surface area (Å²) in [5, 5.41) is 7.57. The Balaban J connectivity index is 1.29. The lowest BCUT2D eigenvalue weighted by Crippen LogP contribution is -2.34. The van der Waals surface area contributed by atoms with Crippen molar-refractivity contribution in [3.05, 3.63) is 108 Å². The van der Waals surface area contributed by atoms with Crippen LogP contribution in [0.5, 0.6) is 0 Å². The maximum absolute atomic E-state index is 13.7. The van der Waals surface area contributed by atoms with Gasteiger partial charge in [0.1, 0.15) is 0 Å². The zero-order valence-corrected chi connectivity index (χ0v) is 26.5. The molecule has 4 aromatic rings. The number of esters is 1. The van der Waals surface area contributed by atoms with E-state index < -0.39 is 18.5 Å². The molecule has 0 spiro atoms. The molecule has 11 heteroatoms. The number of carbonyl (C=O) groups excluding carboxylic acids is 2. The van der Waals surface area contributed by atoms with Crippen molar-refractivity contribution in [1.82, 2.24) is 14.1 Å². The quantitative estimate of drug-likeness (QED) is 0.214. The molecule has 1 saturated carbocycles. The van der Waals surface area contributed by atoms with Crippen molar-refractivity contribution < 1.29 is 14.3 Å². The topological polar surface area (TPSA) is 85.9 Å². The first-order valence-corrected chi connectivity index (χ1v) is 15.3. The van der Waals surface area contributed by atoms with Crippen LogP contribution in [0.25, 0.3) is 17.1 Å². The lowest BCUT2D eigenvalue weighted by molar-refractivity contribution is -0.137. The maximum Gasteiger partial charge on any atom is 0.339 e. The summed E-state index contributed by atoms with van der Waals surface area (Å²) in [6, 6.07) is 17.9. The molecule has 43 heavy (non-hydrogen) atoms. The monoisotopic (exact) mass is 680 g/mol. The van der Waals surface area contributed by atoms with Crippen molar-refractivity contribution in [3.8, 4) is 0 Å². The zero-order valence-electron chi connectivity index (χ0n) is 23.4. The number of ether oxygens (including phenoxy) is 1. The molecule has 2 heterocycles. The van der Waals surface area contributed by atoms with E-state index in [1.807, 2.05) is 36.4 Å². The molecule has 3 aromatic carbocycles. The van der Waals surface area contributed by atoms with E-state index in [1.54, 1.807) is 38.4 Å². The van der Waals surface area contributed by atoms with Crippen LogP contribution in [0, 0.1) is 5.92 Å². The molecule has 1 aliphatic carbocycles. The molecule has 1 aliphatic heterocycles. The first-order chi connectivity index (χ1) is 20.6. The second-order valence-electron chi connectivity index (χ2n) is 10.7. The van der Waals surface area contributed by atoms with Crippen LogP contribution in [0.2, 0.25) is 10.0 Å². The molecule has 1 fully saturated rings. The number of hydrazone groups is 1. The number of rotatable bonds is 5. The van der Waals surface area contributed by atoms with Gasteiger partial charge in [0, 0.05) is 34.5 Å². The van der Waals surface area contributed by atoms with E-state index in [-0.39, 0.29) is 23.2 Å². The lowest BCUT2D eigenvalue weighted by atomic mass is 9.77. The minimum absolute atomic E-state index is 0.0240. The van der Waals surface area contributed by atoms with Crippen LogP contribution in [0.1, 0.15) is 46.8 Å². The summed E-state index contributed by atoms with van der Waals surface area (Å²) in [5.41, 5.74) is 5.07. The van der Waals surface area contributed by atoms with Gasteiger partial charge in [0.05, 0.1) is 28.4 Å². The van der Waals surface area contributed by atoms with Gasteiger partial charge < -0.3 is 4.74 Å². The third-order valence-electron chi connectivity index (χ3n) is 8.09. The summed E-state index contributed by atoms with van der Waals surface area (Å²) < 4.78 is 8.94. The van der Waals surface area contributed by atoms with Crippen molar-refractivity contribution in [1.29, 1.82) is 0 Å². The summed E-state index contributed by atoms with van der Waals surface area (Å²) in [6.45, 7) is -0.499. The van der Waals surface area contributed by atoms with Crippen molar-refractivity contribution in [2.45, 2.75) is 25.3 Å². The van der Waals surface area contributed by atoms with Crippen molar-refractivity contribution >= 4 is 73.8 Å². The number of carbonyl (C=O) groups is 2. The summed E-state index contributed by atoms with van der Waals surface area (Å²) in [5.74, 6) is -1.15. The summed E-state index contributed by atoms with van der Waals surface area (Å²) in [4.78, 5) is 39.2. The molecule has 0 N–H and O–H groups in total. The highest BCUT2D eigenvalue weighted by molar-refractivity contribution is 9.10. The standard InChI is InChI=1S/C32H27BrCl2N4O4/c1-37-26-15-24(25(33)16-27(26)38(2)32(37)42)31(41)43-17-28(40)39-30(19-8-12-22(35)13-9-19)23-5-3-4-20(29(23)36-39)14-18-6-10-21(34)11-7-18/h6-16,23,30H,3-5,17H2,1-2H3/b20-14-. The molecular formula is C32H27BrCl2N4O4. The first-order valence-electron chi connectivity index (χ1n) is 13.8. The second kappa shape index (κ2) is 11.8. The van der Waals surface area contributed by atoms with E-state index in [0.717, 1.165) is 41.7 Å². The molecule has 8 nitrogen and oxygen atoms in total. The highest BCUT2D eigenvalue weighted by atomic mass is 79.9. The number of hydrogen-bond acceptors (Lipinski definition) is 5. The number of allylic oxidation sites excluding steroid dienone is 1. The fourth-order valence-corrected chi connectivity index (χ4v) is 6.65. The third kappa shape index (κ3) is 5.57. The predicted octanol–water partition coefficient (Wildman–Crippen LogP) is 6.93. The molecule has 2 aliphatic rings. The highest BCUT2D eigenvalue weighted by Crippen LogP contribution is 2.44. The van der Waals surface area contributed by atoms with Gasteiger partial charge in [-0.15, -0.1) is 0 Å². The minimum atomic E-state index is -0.686. The normalized spacial score (nSPS) is 19.0. The van der Waals surface area contributed by atoms with Gasteiger partial charge in [-0.3, -0.25) is 13.9 Å². The molecule has 2 atom stereocenters. The minimum Gasteiger partial charge on any atom is -0.452 e. The van der Waals surface area contributed by atoms with E-state index in [2.05, 4.69) is 22.0 Å². The van der Waals surface area contributed by atoms with Crippen LogP contribution in [0.3, 0.4) is 0 Å². The van der Waals surface area contributed by atoms with Crippen LogP contribution in [0.15, 0.2) is 80.6 Å². The molecule has 0 radical (unpaired) electrons. The molecule has 1 aromatic heterocycles. The fourth-order valence-electron chi connectivity index (χ4n) is 5.91. The summed E-state index contributed by atoms with van der Waals surface area (Å²) >= 11 is 15.7. The number of aromatic nitrogens is 2. The average molecular weight is 682 g/mol. The molecule has 1 amide bonds. The summed E-state index contributed by atoms with van der Waals surface area (Å²) in [7, 11) is 3.30. The smallest absolute Gasteiger partial charge is 0.339 e. The van der Waals surface area contributed by atoms with Crippen molar-refractivity contribution in [2.24, 2.45) is 25.1 Å². The van der Waals surface area contributed by atoms with Crippen LogP contribution < -0.4 is 5.69 Å². The Morgan fingerprint density at radius 1 is 1.00 bits per heavy atom. The first kappa shape index (κ1) is 29.4. The molecule has 2 unspecified atom stereocenters. The molecule has 220 valence electrons. The SMILES string of the molecule is Cn1c(=O)n(C)c2cc(C(=O)OCC(=O)N3N=C4/C(=C\c5ccc(Cl)cc5)CCCC4C3c3ccc(Cl)cc3)c(Br)cc21. The van der Waals surface area contributed by atoms with E-state index >= 15 is 0 Å². The van der Waals surface area contributed by atoms with Gasteiger partial charge >= 0.3 is 11.7 Å². The Hall–Kier alpha value is -3.66. The zero-order chi connectivity index (χ0) is 30.4. The number of benzene rings is 3. The number of fused-ring (bicyclic) bond motifs is 2. The van der Waals surface area contributed by atoms with Gasteiger partial charge in [-0.25, -0.2) is 14.6 Å². The number of amides is 1. The second-order valence-corrected chi connectivity index (χ2v) is 12.5. The van der Waals surface area contributed by atoms with Gasteiger partial charge in [-0.1, -0.05) is 47.5 Å². The van der Waals surface area contributed by atoms with E-state index in [4.69, 9.17) is 33.0 Å². The number of imidazole rings is 1. The Labute approximate surface area is 266 Å². The van der Waals surface area contributed by atoms with Crippen LogP contribution >= 0.6 is 39.1 Å². The molecule has 0 bridgehead atoms. The molecule has 0 saturated heterocycles. The Morgan fingerprint density at radius 2 is 1.63 bits per heavy atom. The van der Waals surface area contributed by atoms with E-state index in [0.29, 0.717) is 25.6 Å². The van der Waals surface area contributed by atoms with Crippen LogP contribution in [-0.2, 0) is 23.6 Å². The number of nitrogens with zero attached hydrogens (tertiary/aromatic N) is 4. The predicted molar refractivity (Wildman–Crippen MR) is 171 cm³/mol. The molecule has 6 rings (SSSR count). The average Bonchev–Trinajstić information content (AvgIpc) is 3.49. The number of hydrogen-bond donors (Lipinski definition) is 0. The van der Waals surface area contributed by atoms with Crippen molar-refractivity contribution in [2.75, 3.05) is 6.61 Å². The van der Waals surface area contributed by atoms with Gasteiger partial charge in [0.25, 0.3) is 5.91 Å². The van der Waals surface area contributed by atoms with E-state index in [1.165, 1.54) is 14.1 Å². The van der Waals surface area contributed by atoms with Crippen LogP contribution in [0.4, 0.5) is 0 Å². The van der Waals surface area contributed by atoms with Crippen molar-refractivity contribution in [3.63, 3.8) is 0 Å². The Morgan fingerprint density at radius 3 is 2.30 bits per heavy atom. The third-order valence-corrected chi connectivity index (χ3v) is 9.25. The van der Waals surface area contributed by atoms with E-state index in [9.17, 15) is 14.4 Å². The number of halogens is 3. The largest absolute Gasteiger partial charge is 0.452 e. The fraction of sp³-hybridized carbons (Fsp3) is 0.250. The Kier molecular flexibility index (Phi) is 8.06. The maximum atomic E-state index is 13.7. The van der Waals surface area contributed by atoms with Crippen LogP contribution in [-0.4, -0.2) is 38.3 Å². The van der Waals surface area contributed by atoms with Gasteiger partial charge in [0.15, 0.2) is 6.61 Å². The van der Waals surface area contributed by atoms with Gasteiger partial charge in [-0.2, -0.15) is 5.10 Å². The molecular weight excluding hydrogens is 655 g/mol. The Bertz CT molecular complexity index is 1880. The van der Waals surface area contributed by atoms with Gasteiger partial charge in [0.2, 0.25) is 0 Å². The summed E-state index contributed by atoms with van der Waals surface area (Å²) in [6.07, 6.45) is 4.73. The number of aryl methyl sites for hydroxylation is 2. The van der Waals surface area contributed by atoms with Gasteiger partial charge in [-0.05, 0) is 94.4 Å². The lowest BCUT2D eigenvalue weighted by Gasteiger charge is -2.29.